The van der Waals surface area contributed by atoms with Crippen LogP contribution in [0.15, 0.2) is 41.3 Å². The molecule has 1 unspecified atom stereocenters. The molecular formula is C24H27ClF2O5S2. The number of hydrogen-bond acceptors (Lipinski definition) is 5. The highest BCUT2D eigenvalue weighted by Gasteiger charge is 2.61. The van der Waals surface area contributed by atoms with Gasteiger partial charge in [-0.05, 0) is 68.5 Å². The summed E-state index contributed by atoms with van der Waals surface area (Å²) in [5.74, 6) is -3.22. The molecule has 4 atom stereocenters. The van der Waals surface area contributed by atoms with Gasteiger partial charge in [-0.25, -0.2) is 25.6 Å². The molecule has 1 fully saturated rings. The van der Waals surface area contributed by atoms with Gasteiger partial charge in [0.2, 0.25) is 0 Å². The van der Waals surface area contributed by atoms with Gasteiger partial charge in [-0.1, -0.05) is 24.9 Å². The maximum atomic E-state index is 15.4. The molecule has 1 heterocycles. The Morgan fingerprint density at radius 3 is 2.38 bits per heavy atom. The van der Waals surface area contributed by atoms with E-state index in [2.05, 4.69) is 0 Å². The van der Waals surface area contributed by atoms with Crippen LogP contribution in [0.2, 0.25) is 5.02 Å². The normalized spacial score (nSPS) is 25.7. The summed E-state index contributed by atoms with van der Waals surface area (Å²) in [6.45, 7) is 3.03. The highest BCUT2D eigenvalue weighted by Crippen LogP contribution is 2.58. The van der Waals surface area contributed by atoms with Gasteiger partial charge in [0, 0.05) is 16.7 Å². The molecule has 34 heavy (non-hydrogen) atoms. The van der Waals surface area contributed by atoms with Crippen molar-refractivity contribution in [2.24, 2.45) is 11.8 Å². The summed E-state index contributed by atoms with van der Waals surface area (Å²) in [5.41, 5.74) is -0.297. The van der Waals surface area contributed by atoms with Crippen LogP contribution in [0.5, 0.6) is 5.75 Å². The maximum absolute atomic E-state index is 15.4. The molecule has 1 saturated carbocycles. The molecule has 2 aliphatic rings. The molecule has 0 saturated heterocycles. The van der Waals surface area contributed by atoms with Gasteiger partial charge in [-0.15, -0.1) is 0 Å². The SMILES string of the molecule is CCS(=O)(=O)C(C)C[C@@H]1CCC[C@@]2(S(=O)(=O)c3ccc(Cl)cc3)c3c(F)ccc(F)c3OC[C@@H]12. The van der Waals surface area contributed by atoms with Crippen molar-refractivity contribution in [1.29, 1.82) is 0 Å². The Labute approximate surface area is 204 Å². The van der Waals surface area contributed by atoms with E-state index in [0.717, 1.165) is 12.1 Å². The number of sulfone groups is 2. The van der Waals surface area contributed by atoms with Crippen LogP contribution in [-0.2, 0) is 24.4 Å². The lowest BCUT2D eigenvalue weighted by molar-refractivity contribution is 0.0709. The Balaban J connectivity index is 1.93. The van der Waals surface area contributed by atoms with Crippen molar-refractivity contribution in [2.75, 3.05) is 12.4 Å². The van der Waals surface area contributed by atoms with Crippen molar-refractivity contribution in [3.63, 3.8) is 0 Å². The zero-order valence-corrected chi connectivity index (χ0v) is 21.3. The number of ether oxygens (including phenoxy) is 1. The first kappa shape index (κ1) is 25.4. The van der Waals surface area contributed by atoms with Crippen LogP contribution >= 0.6 is 11.6 Å². The molecular weight excluding hydrogens is 506 g/mol. The lowest BCUT2D eigenvalue weighted by Gasteiger charge is -2.50. The number of hydrogen-bond donors (Lipinski definition) is 0. The van der Waals surface area contributed by atoms with Crippen LogP contribution in [0, 0.1) is 23.5 Å². The van der Waals surface area contributed by atoms with E-state index in [0.29, 0.717) is 17.9 Å². The van der Waals surface area contributed by atoms with Crippen LogP contribution in [0.1, 0.15) is 45.1 Å². The lowest BCUT2D eigenvalue weighted by atomic mass is 9.66. The highest BCUT2D eigenvalue weighted by molar-refractivity contribution is 7.92. The summed E-state index contributed by atoms with van der Waals surface area (Å²) in [4.78, 5) is -0.0479. The fourth-order valence-corrected chi connectivity index (χ4v) is 9.33. The van der Waals surface area contributed by atoms with Gasteiger partial charge >= 0.3 is 0 Å². The summed E-state index contributed by atoms with van der Waals surface area (Å²) in [6, 6.07) is 7.46. The van der Waals surface area contributed by atoms with E-state index in [1.54, 1.807) is 13.8 Å². The fraction of sp³-hybridized carbons (Fsp3) is 0.500. The third-order valence-electron chi connectivity index (χ3n) is 7.43. The average molecular weight is 533 g/mol. The van der Waals surface area contributed by atoms with Crippen LogP contribution in [-0.4, -0.2) is 34.4 Å². The number of rotatable bonds is 6. The Morgan fingerprint density at radius 2 is 1.74 bits per heavy atom. The first-order valence-electron chi connectivity index (χ1n) is 11.3. The van der Waals surface area contributed by atoms with Crippen molar-refractivity contribution in [3.05, 3.63) is 58.6 Å². The van der Waals surface area contributed by atoms with Gasteiger partial charge in [0.05, 0.1) is 22.3 Å². The first-order chi connectivity index (χ1) is 16.0. The predicted molar refractivity (Wildman–Crippen MR) is 127 cm³/mol. The molecule has 186 valence electrons. The number of halogens is 3. The van der Waals surface area contributed by atoms with E-state index < -0.39 is 47.2 Å². The van der Waals surface area contributed by atoms with E-state index in [1.807, 2.05) is 0 Å². The van der Waals surface area contributed by atoms with Gasteiger partial charge in [0.25, 0.3) is 0 Å². The smallest absolute Gasteiger partial charge is 0.188 e. The standard InChI is InChI=1S/C24H27ClF2O5S2/c1-3-33(28,29)15(2)13-16-5-4-12-24(34(30,31)18-8-6-17(25)7-9-18)19(16)14-32-23-21(27)11-10-20(26)22(23)24/h6-11,15-16,19H,3-5,12-14H2,1-2H3/t15?,16-,19-,24-/m0/s1. The second-order valence-electron chi connectivity index (χ2n) is 9.15. The lowest BCUT2D eigenvalue weighted by Crippen LogP contribution is -2.54. The summed E-state index contributed by atoms with van der Waals surface area (Å²) >= 11 is 5.97. The van der Waals surface area contributed by atoms with Crippen molar-refractivity contribution in [2.45, 2.75) is 54.4 Å². The molecule has 0 bridgehead atoms. The van der Waals surface area contributed by atoms with Crippen molar-refractivity contribution in [3.8, 4) is 5.75 Å². The van der Waals surface area contributed by atoms with Gasteiger partial charge in [-0.3, -0.25) is 0 Å². The van der Waals surface area contributed by atoms with E-state index >= 15 is 4.39 Å². The monoisotopic (exact) mass is 532 g/mol. The minimum Gasteiger partial charge on any atom is -0.490 e. The largest absolute Gasteiger partial charge is 0.490 e. The topological polar surface area (TPSA) is 77.5 Å². The first-order valence-corrected chi connectivity index (χ1v) is 14.9. The summed E-state index contributed by atoms with van der Waals surface area (Å²) in [6.07, 6.45) is 1.28. The van der Waals surface area contributed by atoms with E-state index in [-0.39, 0.29) is 47.3 Å². The molecule has 10 heteroatoms. The van der Waals surface area contributed by atoms with Gasteiger partial charge in [-0.2, -0.15) is 0 Å². The van der Waals surface area contributed by atoms with Crippen molar-refractivity contribution >= 4 is 31.3 Å². The fourth-order valence-electron chi connectivity index (χ4n) is 5.65. The second-order valence-corrected chi connectivity index (χ2v) is 14.5. The Morgan fingerprint density at radius 1 is 1.09 bits per heavy atom. The van der Waals surface area contributed by atoms with Crippen LogP contribution < -0.4 is 4.74 Å². The van der Waals surface area contributed by atoms with Crippen LogP contribution in [0.4, 0.5) is 8.78 Å². The highest BCUT2D eigenvalue weighted by atomic mass is 35.5. The minimum atomic E-state index is -4.26. The Kier molecular flexibility index (Phi) is 6.76. The average Bonchev–Trinajstić information content (AvgIpc) is 2.81. The number of fused-ring (bicyclic) bond motifs is 3. The Bertz CT molecular complexity index is 1300. The molecule has 1 aliphatic carbocycles. The summed E-state index contributed by atoms with van der Waals surface area (Å²) < 4.78 is 87.5. The zero-order valence-electron chi connectivity index (χ0n) is 18.9. The molecule has 4 rings (SSSR count). The van der Waals surface area contributed by atoms with Crippen molar-refractivity contribution < 1.29 is 30.4 Å². The quantitative estimate of drug-likeness (QED) is 0.504. The van der Waals surface area contributed by atoms with Gasteiger partial charge in [0.15, 0.2) is 31.2 Å². The third kappa shape index (κ3) is 3.93. The molecule has 0 radical (unpaired) electrons. The van der Waals surface area contributed by atoms with Crippen LogP contribution in [0.25, 0.3) is 0 Å². The van der Waals surface area contributed by atoms with Crippen LogP contribution in [0.3, 0.4) is 0 Å². The predicted octanol–water partition coefficient (Wildman–Crippen LogP) is 5.31. The third-order valence-corrected chi connectivity index (χ3v) is 12.5. The molecule has 0 spiro atoms. The molecule has 0 N–H and O–H groups in total. The molecule has 2 aromatic carbocycles. The number of benzene rings is 2. The van der Waals surface area contributed by atoms with E-state index in [1.165, 1.54) is 24.3 Å². The molecule has 5 nitrogen and oxygen atoms in total. The Hall–Kier alpha value is -1.71. The molecule has 2 aromatic rings. The zero-order chi connectivity index (χ0) is 24.9. The summed E-state index contributed by atoms with van der Waals surface area (Å²) in [5, 5.41) is -0.354. The molecule has 1 aliphatic heterocycles. The summed E-state index contributed by atoms with van der Waals surface area (Å²) in [7, 11) is -7.62. The molecule has 0 amide bonds. The van der Waals surface area contributed by atoms with E-state index in [9.17, 15) is 21.2 Å². The second kappa shape index (κ2) is 9.06. The van der Waals surface area contributed by atoms with E-state index in [4.69, 9.17) is 16.3 Å². The van der Waals surface area contributed by atoms with Crippen molar-refractivity contribution in [1.82, 2.24) is 0 Å². The minimum absolute atomic E-state index is 0.0288. The van der Waals surface area contributed by atoms with Gasteiger partial charge < -0.3 is 4.74 Å². The van der Waals surface area contributed by atoms with Gasteiger partial charge in [0.1, 0.15) is 10.6 Å². The molecule has 0 aromatic heterocycles. The maximum Gasteiger partial charge on any atom is 0.188 e.